The first-order chi connectivity index (χ1) is 10.7. The van der Waals surface area contributed by atoms with E-state index in [4.69, 9.17) is 14.2 Å². The second-order valence-electron chi connectivity index (χ2n) is 5.26. The Morgan fingerprint density at radius 3 is 2.13 bits per heavy atom. The number of rotatable bonds is 7. The van der Waals surface area contributed by atoms with Gasteiger partial charge in [-0.05, 0) is 18.8 Å². The van der Waals surface area contributed by atoms with Gasteiger partial charge in [0.2, 0.25) is 0 Å². The zero-order valence-electron chi connectivity index (χ0n) is 14.1. The Morgan fingerprint density at radius 2 is 1.70 bits per heavy atom. The summed E-state index contributed by atoms with van der Waals surface area (Å²) < 4.78 is 16.1. The summed E-state index contributed by atoms with van der Waals surface area (Å²) in [5.41, 5.74) is 0.931. The second-order valence-corrected chi connectivity index (χ2v) is 5.26. The van der Waals surface area contributed by atoms with Gasteiger partial charge in [0, 0.05) is 25.7 Å². The first-order valence-electron chi connectivity index (χ1n) is 7.45. The van der Waals surface area contributed by atoms with Gasteiger partial charge in [-0.15, -0.1) is 24.0 Å². The molecule has 0 radical (unpaired) electrons. The molecule has 0 amide bonds. The number of ether oxygens (including phenoxy) is 3. The molecule has 130 valence electrons. The number of halogens is 1. The van der Waals surface area contributed by atoms with Gasteiger partial charge in [-0.1, -0.05) is 0 Å². The lowest BCUT2D eigenvalue weighted by molar-refractivity contribution is 0.368. The van der Waals surface area contributed by atoms with Crippen LogP contribution in [0.5, 0.6) is 17.2 Å². The molecule has 23 heavy (non-hydrogen) atoms. The number of methoxy groups -OCH3 is 3. The normalized spacial score (nSPS) is 13.8. The van der Waals surface area contributed by atoms with Crippen molar-refractivity contribution < 1.29 is 14.2 Å². The van der Waals surface area contributed by atoms with E-state index in [9.17, 15) is 0 Å². The number of hydrogen-bond donors (Lipinski definition) is 2. The van der Waals surface area contributed by atoms with Crippen molar-refractivity contribution in [3.63, 3.8) is 0 Å². The highest BCUT2D eigenvalue weighted by molar-refractivity contribution is 14.0. The molecule has 0 heterocycles. The van der Waals surface area contributed by atoms with Gasteiger partial charge >= 0.3 is 0 Å². The molecule has 1 aromatic rings. The van der Waals surface area contributed by atoms with E-state index >= 15 is 0 Å². The number of nitrogens with zero attached hydrogens (tertiary/aromatic N) is 1. The fraction of sp³-hybridized carbons (Fsp3) is 0.562. The molecule has 0 unspecified atom stereocenters. The molecular formula is C16H26IN3O3. The molecule has 2 N–H and O–H groups in total. The quantitative estimate of drug-likeness (QED) is 0.391. The summed E-state index contributed by atoms with van der Waals surface area (Å²) in [6, 6.07) is 3.69. The summed E-state index contributed by atoms with van der Waals surface area (Å²) in [5, 5.41) is 6.63. The summed E-state index contributed by atoms with van der Waals surface area (Å²) in [6.07, 6.45) is 2.62. The van der Waals surface area contributed by atoms with Crippen molar-refractivity contribution in [3.05, 3.63) is 17.7 Å². The van der Waals surface area contributed by atoms with Crippen LogP contribution in [-0.4, -0.2) is 40.9 Å². The fourth-order valence-electron chi connectivity index (χ4n) is 2.21. The Hall–Kier alpha value is -1.38. The number of guanidine groups is 1. The Balaban J connectivity index is 0.00000264. The van der Waals surface area contributed by atoms with E-state index < -0.39 is 0 Å². The van der Waals surface area contributed by atoms with Crippen molar-refractivity contribution in [2.75, 3.05) is 34.9 Å². The maximum atomic E-state index is 5.44. The van der Waals surface area contributed by atoms with Crippen molar-refractivity contribution in [1.82, 2.24) is 10.6 Å². The van der Waals surface area contributed by atoms with E-state index in [1.54, 1.807) is 28.4 Å². The van der Waals surface area contributed by atoms with Crippen molar-refractivity contribution in [1.29, 1.82) is 0 Å². The summed E-state index contributed by atoms with van der Waals surface area (Å²) >= 11 is 0. The predicted octanol–water partition coefficient (Wildman–Crippen LogP) is 2.41. The third-order valence-corrected chi connectivity index (χ3v) is 3.73. The van der Waals surface area contributed by atoms with Gasteiger partial charge < -0.3 is 24.8 Å². The number of hydrogen-bond acceptors (Lipinski definition) is 4. The van der Waals surface area contributed by atoms with Crippen LogP contribution in [0.2, 0.25) is 0 Å². The molecule has 0 aliphatic heterocycles. The lowest BCUT2D eigenvalue weighted by Gasteiger charge is -2.17. The second kappa shape index (κ2) is 9.69. The van der Waals surface area contributed by atoms with Crippen LogP contribution in [-0.2, 0) is 6.54 Å². The molecular weight excluding hydrogens is 409 g/mol. The highest BCUT2D eigenvalue weighted by Gasteiger charge is 2.21. The van der Waals surface area contributed by atoms with Crippen LogP contribution in [0.3, 0.4) is 0 Å². The minimum Gasteiger partial charge on any atom is -0.496 e. The summed E-state index contributed by atoms with van der Waals surface area (Å²) in [4.78, 5) is 4.24. The molecule has 0 spiro atoms. The minimum atomic E-state index is 0. The first-order valence-corrected chi connectivity index (χ1v) is 7.45. The summed E-state index contributed by atoms with van der Waals surface area (Å²) in [7, 11) is 6.66. The molecule has 0 saturated heterocycles. The lowest BCUT2D eigenvalue weighted by Crippen LogP contribution is -2.38. The van der Waals surface area contributed by atoms with E-state index in [0.717, 1.165) is 35.5 Å². The molecule has 0 atom stereocenters. The highest BCUT2D eigenvalue weighted by Crippen LogP contribution is 2.33. The van der Waals surface area contributed by atoms with Crippen molar-refractivity contribution >= 4 is 29.9 Å². The van der Waals surface area contributed by atoms with Crippen LogP contribution in [0.4, 0.5) is 0 Å². The molecule has 7 heteroatoms. The van der Waals surface area contributed by atoms with Crippen LogP contribution in [0.15, 0.2) is 17.1 Å². The molecule has 0 aromatic heterocycles. The zero-order valence-corrected chi connectivity index (χ0v) is 16.5. The maximum absolute atomic E-state index is 5.44. The van der Waals surface area contributed by atoms with E-state index in [1.807, 2.05) is 12.1 Å². The topological polar surface area (TPSA) is 64.1 Å². The van der Waals surface area contributed by atoms with Gasteiger partial charge in [0.25, 0.3) is 0 Å². The molecule has 1 saturated carbocycles. The monoisotopic (exact) mass is 435 g/mol. The Labute approximate surface area is 155 Å². The number of benzene rings is 1. The molecule has 1 aliphatic rings. The van der Waals surface area contributed by atoms with Gasteiger partial charge in [-0.3, -0.25) is 4.99 Å². The number of aliphatic imine (C=N–C) groups is 1. The van der Waals surface area contributed by atoms with Crippen molar-refractivity contribution in [2.24, 2.45) is 10.9 Å². The maximum Gasteiger partial charge on any atom is 0.191 e. The molecule has 1 fully saturated rings. The molecule has 1 aliphatic carbocycles. The Kier molecular flexibility index (Phi) is 8.29. The largest absolute Gasteiger partial charge is 0.496 e. The summed E-state index contributed by atoms with van der Waals surface area (Å²) in [6.45, 7) is 1.53. The van der Waals surface area contributed by atoms with Gasteiger partial charge in [0.05, 0.1) is 33.4 Å². The smallest absolute Gasteiger partial charge is 0.191 e. The van der Waals surface area contributed by atoms with Crippen LogP contribution < -0.4 is 24.8 Å². The third-order valence-electron chi connectivity index (χ3n) is 3.73. The van der Waals surface area contributed by atoms with E-state index in [2.05, 4.69) is 15.6 Å². The molecule has 2 rings (SSSR count). The van der Waals surface area contributed by atoms with Crippen molar-refractivity contribution in [3.8, 4) is 17.2 Å². The van der Waals surface area contributed by atoms with Gasteiger partial charge in [-0.25, -0.2) is 0 Å². The SMILES string of the molecule is CN=C(NCc1c(OC)cc(OC)cc1OC)NCC1CC1.I. The lowest BCUT2D eigenvalue weighted by atomic mass is 10.1. The predicted molar refractivity (Wildman–Crippen MR) is 102 cm³/mol. The average molecular weight is 435 g/mol. The molecule has 0 bridgehead atoms. The minimum absolute atomic E-state index is 0. The van der Waals surface area contributed by atoms with Crippen LogP contribution >= 0.6 is 24.0 Å². The van der Waals surface area contributed by atoms with E-state index in [-0.39, 0.29) is 24.0 Å². The summed E-state index contributed by atoms with van der Waals surface area (Å²) in [5.74, 6) is 3.73. The van der Waals surface area contributed by atoms with Crippen LogP contribution in [0.25, 0.3) is 0 Å². The van der Waals surface area contributed by atoms with Crippen LogP contribution in [0.1, 0.15) is 18.4 Å². The Bertz CT molecular complexity index is 508. The standard InChI is InChI=1S/C16H25N3O3.HI/c1-17-16(18-9-11-5-6-11)19-10-13-14(21-3)7-12(20-2)8-15(13)22-4;/h7-8,11H,5-6,9-10H2,1-4H3,(H2,17,18,19);1H. The number of nitrogens with one attached hydrogen (secondary N) is 2. The van der Waals surface area contributed by atoms with Gasteiger partial charge in [-0.2, -0.15) is 0 Å². The molecule has 6 nitrogen and oxygen atoms in total. The van der Waals surface area contributed by atoms with E-state index in [0.29, 0.717) is 12.3 Å². The fourth-order valence-corrected chi connectivity index (χ4v) is 2.21. The van der Waals surface area contributed by atoms with Gasteiger partial charge in [0.1, 0.15) is 17.2 Å². The third kappa shape index (κ3) is 5.63. The molecule has 1 aromatic carbocycles. The van der Waals surface area contributed by atoms with Crippen molar-refractivity contribution in [2.45, 2.75) is 19.4 Å². The highest BCUT2D eigenvalue weighted by atomic mass is 127. The average Bonchev–Trinajstić information content (AvgIpc) is 3.38. The van der Waals surface area contributed by atoms with Crippen LogP contribution in [0, 0.1) is 5.92 Å². The zero-order chi connectivity index (χ0) is 15.9. The van der Waals surface area contributed by atoms with E-state index in [1.165, 1.54) is 12.8 Å². The Morgan fingerprint density at radius 1 is 1.09 bits per heavy atom. The first kappa shape index (κ1) is 19.7. The van der Waals surface area contributed by atoms with Gasteiger partial charge in [0.15, 0.2) is 5.96 Å².